The van der Waals surface area contributed by atoms with E-state index in [1.54, 1.807) is 43.8 Å². The minimum Gasteiger partial charge on any atom is -0.493 e. The van der Waals surface area contributed by atoms with E-state index in [1.807, 2.05) is 11.6 Å². The minimum atomic E-state index is -0.0904. The number of anilines is 1. The van der Waals surface area contributed by atoms with Crippen LogP contribution >= 0.6 is 11.3 Å². The van der Waals surface area contributed by atoms with Gasteiger partial charge < -0.3 is 19.7 Å². The number of carbonyl (C=O) groups excluding carboxylic acids is 1. The van der Waals surface area contributed by atoms with Crippen LogP contribution in [0.15, 0.2) is 29.8 Å². The molecule has 0 bridgehead atoms. The summed E-state index contributed by atoms with van der Waals surface area (Å²) in [5, 5.41) is 6.11. The number of hydrogen-bond donors (Lipinski definition) is 1. The summed E-state index contributed by atoms with van der Waals surface area (Å²) in [5.41, 5.74) is 0.574. The van der Waals surface area contributed by atoms with Crippen LogP contribution in [0.5, 0.6) is 11.5 Å². The van der Waals surface area contributed by atoms with Gasteiger partial charge in [-0.3, -0.25) is 4.79 Å². The van der Waals surface area contributed by atoms with Gasteiger partial charge in [-0.15, -0.1) is 11.3 Å². The van der Waals surface area contributed by atoms with Crippen molar-refractivity contribution in [2.75, 3.05) is 38.8 Å². The van der Waals surface area contributed by atoms with Crippen molar-refractivity contribution in [1.82, 2.24) is 10.3 Å². The Bertz CT molecular complexity index is 706. The highest BCUT2D eigenvalue weighted by molar-refractivity contribution is 7.13. The Kier molecular flexibility index (Phi) is 5.75. The highest BCUT2D eigenvalue weighted by Crippen LogP contribution is 2.28. The van der Waals surface area contributed by atoms with Crippen LogP contribution < -0.4 is 19.7 Å². The minimum absolute atomic E-state index is 0.0904. The van der Waals surface area contributed by atoms with Crippen LogP contribution in [0.25, 0.3) is 0 Å². The van der Waals surface area contributed by atoms with Crippen molar-refractivity contribution in [3.05, 3.63) is 35.3 Å². The molecule has 0 aliphatic carbocycles. The number of thiazole rings is 1. The van der Waals surface area contributed by atoms with Crippen molar-refractivity contribution in [3.63, 3.8) is 0 Å². The van der Waals surface area contributed by atoms with Crippen LogP contribution in [0.4, 0.5) is 5.13 Å². The van der Waals surface area contributed by atoms with Crippen LogP contribution in [0.1, 0.15) is 23.2 Å². The summed E-state index contributed by atoms with van der Waals surface area (Å²) in [7, 11) is 3.14. The SMILES string of the molecule is COc1ccc(C(=O)NCC2CCCN(c3nccs3)C2)cc1OC. The molecule has 1 amide bonds. The van der Waals surface area contributed by atoms with Gasteiger partial charge in [-0.1, -0.05) is 0 Å². The van der Waals surface area contributed by atoms with Gasteiger partial charge in [0.1, 0.15) is 0 Å². The van der Waals surface area contributed by atoms with E-state index in [2.05, 4.69) is 15.2 Å². The molecule has 2 heterocycles. The van der Waals surface area contributed by atoms with E-state index in [4.69, 9.17) is 9.47 Å². The predicted molar refractivity (Wildman–Crippen MR) is 98.9 cm³/mol. The van der Waals surface area contributed by atoms with E-state index in [-0.39, 0.29) is 5.91 Å². The molecule has 0 saturated carbocycles. The molecule has 1 aromatic heterocycles. The molecular formula is C18H23N3O3S. The molecule has 1 aliphatic heterocycles. The summed E-state index contributed by atoms with van der Waals surface area (Å²) >= 11 is 1.66. The quantitative estimate of drug-likeness (QED) is 0.857. The maximum atomic E-state index is 12.4. The molecule has 1 aliphatic rings. The monoisotopic (exact) mass is 361 g/mol. The lowest BCUT2D eigenvalue weighted by Crippen LogP contribution is -2.41. The number of amides is 1. The molecule has 0 spiro atoms. The maximum Gasteiger partial charge on any atom is 0.251 e. The molecule has 134 valence electrons. The van der Waals surface area contributed by atoms with Gasteiger partial charge in [0.25, 0.3) is 5.91 Å². The molecule has 25 heavy (non-hydrogen) atoms. The normalized spacial score (nSPS) is 17.2. The van der Waals surface area contributed by atoms with Crippen LogP contribution in [0.3, 0.4) is 0 Å². The topological polar surface area (TPSA) is 63.7 Å². The fourth-order valence-electron chi connectivity index (χ4n) is 3.09. The first-order valence-corrected chi connectivity index (χ1v) is 9.24. The van der Waals surface area contributed by atoms with Crippen LogP contribution in [-0.2, 0) is 0 Å². The highest BCUT2D eigenvalue weighted by atomic mass is 32.1. The van der Waals surface area contributed by atoms with E-state index in [1.165, 1.54) is 0 Å². The second kappa shape index (κ2) is 8.20. The van der Waals surface area contributed by atoms with Gasteiger partial charge in [0.15, 0.2) is 16.6 Å². The van der Waals surface area contributed by atoms with Crippen molar-refractivity contribution in [2.24, 2.45) is 5.92 Å². The molecule has 1 unspecified atom stereocenters. The molecule has 2 aromatic rings. The average molecular weight is 361 g/mol. The molecule has 7 heteroatoms. The lowest BCUT2D eigenvalue weighted by molar-refractivity contribution is 0.0945. The molecule has 1 saturated heterocycles. The van der Waals surface area contributed by atoms with E-state index < -0.39 is 0 Å². The lowest BCUT2D eigenvalue weighted by atomic mass is 9.98. The van der Waals surface area contributed by atoms with Crippen LogP contribution in [0.2, 0.25) is 0 Å². The third-order valence-corrected chi connectivity index (χ3v) is 5.24. The van der Waals surface area contributed by atoms with E-state index in [9.17, 15) is 4.79 Å². The van der Waals surface area contributed by atoms with Crippen molar-refractivity contribution in [2.45, 2.75) is 12.8 Å². The largest absolute Gasteiger partial charge is 0.493 e. The van der Waals surface area contributed by atoms with Gasteiger partial charge in [-0.2, -0.15) is 0 Å². The van der Waals surface area contributed by atoms with Crippen molar-refractivity contribution in [1.29, 1.82) is 0 Å². The molecular weight excluding hydrogens is 338 g/mol. The Morgan fingerprint density at radius 1 is 1.36 bits per heavy atom. The van der Waals surface area contributed by atoms with E-state index >= 15 is 0 Å². The fraction of sp³-hybridized carbons (Fsp3) is 0.444. The van der Waals surface area contributed by atoms with E-state index in [0.717, 1.165) is 31.1 Å². The summed E-state index contributed by atoms with van der Waals surface area (Å²) < 4.78 is 10.5. The second-order valence-electron chi connectivity index (χ2n) is 6.05. The average Bonchev–Trinajstić information content (AvgIpc) is 3.20. The van der Waals surface area contributed by atoms with Gasteiger partial charge in [0.2, 0.25) is 0 Å². The molecule has 1 aromatic carbocycles. The van der Waals surface area contributed by atoms with Crippen molar-refractivity contribution < 1.29 is 14.3 Å². The molecule has 1 fully saturated rings. The fourth-order valence-corrected chi connectivity index (χ4v) is 3.77. The Hall–Kier alpha value is -2.28. The van der Waals surface area contributed by atoms with Gasteiger partial charge in [-0.25, -0.2) is 4.98 Å². The first-order chi connectivity index (χ1) is 12.2. The molecule has 6 nitrogen and oxygen atoms in total. The number of aromatic nitrogens is 1. The molecule has 0 radical (unpaired) electrons. The lowest BCUT2D eigenvalue weighted by Gasteiger charge is -2.32. The molecule has 3 rings (SSSR count). The zero-order valence-electron chi connectivity index (χ0n) is 14.5. The summed E-state index contributed by atoms with van der Waals surface area (Å²) in [4.78, 5) is 19.1. The van der Waals surface area contributed by atoms with Gasteiger partial charge in [-0.05, 0) is 37.0 Å². The van der Waals surface area contributed by atoms with E-state index in [0.29, 0.717) is 29.5 Å². The number of hydrogen-bond acceptors (Lipinski definition) is 6. The number of rotatable bonds is 6. The smallest absolute Gasteiger partial charge is 0.251 e. The Labute approximate surface area is 151 Å². The number of benzene rings is 1. The number of carbonyl (C=O) groups is 1. The Balaban J connectivity index is 1.57. The molecule has 1 N–H and O–H groups in total. The standard InChI is InChI=1S/C18H23N3O3S/c1-23-15-6-5-14(10-16(15)24-2)17(22)20-11-13-4-3-8-21(12-13)18-19-7-9-25-18/h5-7,9-10,13H,3-4,8,11-12H2,1-2H3,(H,20,22). The van der Waals surface area contributed by atoms with Crippen LogP contribution in [0, 0.1) is 5.92 Å². The zero-order valence-corrected chi connectivity index (χ0v) is 15.3. The van der Waals surface area contributed by atoms with Crippen molar-refractivity contribution in [3.8, 4) is 11.5 Å². The number of methoxy groups -OCH3 is 2. The van der Waals surface area contributed by atoms with Crippen molar-refractivity contribution >= 4 is 22.4 Å². The van der Waals surface area contributed by atoms with Gasteiger partial charge in [0, 0.05) is 36.8 Å². The van der Waals surface area contributed by atoms with Gasteiger partial charge in [0.05, 0.1) is 14.2 Å². The number of piperidine rings is 1. The number of nitrogens with zero attached hydrogens (tertiary/aromatic N) is 2. The number of ether oxygens (including phenoxy) is 2. The summed E-state index contributed by atoms with van der Waals surface area (Å²) in [6.45, 7) is 2.63. The zero-order chi connectivity index (χ0) is 17.6. The summed E-state index contributed by atoms with van der Waals surface area (Å²) in [6.07, 6.45) is 4.08. The predicted octanol–water partition coefficient (Wildman–Crippen LogP) is 2.81. The highest BCUT2D eigenvalue weighted by Gasteiger charge is 2.22. The first-order valence-electron chi connectivity index (χ1n) is 8.36. The molecule has 1 atom stereocenters. The summed E-state index contributed by atoms with van der Waals surface area (Å²) in [5.74, 6) is 1.52. The Morgan fingerprint density at radius 3 is 2.92 bits per heavy atom. The first kappa shape index (κ1) is 17.5. The summed E-state index contributed by atoms with van der Waals surface area (Å²) in [6, 6.07) is 5.20. The Morgan fingerprint density at radius 2 is 2.20 bits per heavy atom. The number of nitrogens with one attached hydrogen (secondary N) is 1. The second-order valence-corrected chi connectivity index (χ2v) is 6.92. The third-order valence-electron chi connectivity index (χ3n) is 4.41. The van der Waals surface area contributed by atoms with Crippen LogP contribution in [-0.4, -0.2) is 44.7 Å². The van der Waals surface area contributed by atoms with Gasteiger partial charge >= 0.3 is 0 Å². The third kappa shape index (κ3) is 4.22. The maximum absolute atomic E-state index is 12.4.